The Morgan fingerprint density at radius 3 is 3.23 bits per heavy atom. The van der Waals surface area contributed by atoms with Crippen LogP contribution in [-0.2, 0) is 4.79 Å². The number of hydrogen-bond acceptors (Lipinski definition) is 2. The first kappa shape index (κ1) is 6.89. The smallest absolute Gasteiger partial charge is 0.182 e. The van der Waals surface area contributed by atoms with Crippen LogP contribution in [0.3, 0.4) is 0 Å². The van der Waals surface area contributed by atoms with Crippen molar-refractivity contribution in [3.8, 4) is 0 Å². The van der Waals surface area contributed by atoms with E-state index in [1.807, 2.05) is 12.2 Å². The Bertz CT molecular complexity index is 398. The zero-order chi connectivity index (χ0) is 8.84. The number of carbonyl (C=O) groups is 1. The average molecular weight is 171 g/mol. The predicted molar refractivity (Wildman–Crippen MR) is 49.9 cm³/mol. The summed E-state index contributed by atoms with van der Waals surface area (Å²) in [6.07, 6.45) is 11.8. The van der Waals surface area contributed by atoms with Crippen LogP contribution in [0.4, 0.5) is 0 Å². The van der Waals surface area contributed by atoms with Crippen LogP contribution in [0, 0.1) is 0 Å². The molecule has 3 rings (SSSR count). The molecule has 0 aromatic rings. The SMILES string of the molecule is O=C1C=CC=C2C=C3C=CCN3C12. The van der Waals surface area contributed by atoms with Crippen molar-refractivity contribution >= 4 is 5.78 Å². The molecule has 2 nitrogen and oxygen atoms in total. The minimum absolute atomic E-state index is 0.0324. The van der Waals surface area contributed by atoms with Gasteiger partial charge in [-0.15, -0.1) is 0 Å². The van der Waals surface area contributed by atoms with Crippen molar-refractivity contribution in [2.75, 3.05) is 6.54 Å². The zero-order valence-electron chi connectivity index (χ0n) is 7.10. The molecule has 0 aromatic carbocycles. The summed E-state index contributed by atoms with van der Waals surface area (Å²) in [7, 11) is 0. The van der Waals surface area contributed by atoms with Crippen molar-refractivity contribution in [2.45, 2.75) is 6.04 Å². The number of allylic oxidation sites excluding steroid dienone is 3. The summed E-state index contributed by atoms with van der Waals surface area (Å²) < 4.78 is 0. The molecule has 2 heteroatoms. The maximum absolute atomic E-state index is 11.6. The van der Waals surface area contributed by atoms with E-state index in [1.165, 1.54) is 5.70 Å². The van der Waals surface area contributed by atoms with E-state index in [2.05, 4.69) is 23.1 Å². The molecule has 0 spiro atoms. The summed E-state index contributed by atoms with van der Waals surface area (Å²) in [5.74, 6) is 0.201. The number of hydrogen-bond donors (Lipinski definition) is 0. The van der Waals surface area contributed by atoms with Crippen molar-refractivity contribution in [3.05, 3.63) is 47.7 Å². The van der Waals surface area contributed by atoms with Crippen LogP contribution in [0.2, 0.25) is 0 Å². The Morgan fingerprint density at radius 2 is 2.31 bits per heavy atom. The summed E-state index contributed by atoms with van der Waals surface area (Å²) in [5, 5.41) is 0. The second-order valence-electron chi connectivity index (χ2n) is 3.45. The lowest BCUT2D eigenvalue weighted by Crippen LogP contribution is -2.35. The standard InChI is InChI=1S/C11H9NO/c13-10-5-1-3-8-7-9-4-2-6-12(9)11(8)10/h1-5,7,11H,6H2. The summed E-state index contributed by atoms with van der Waals surface area (Å²) in [6.45, 7) is 0.868. The van der Waals surface area contributed by atoms with E-state index >= 15 is 0 Å². The lowest BCUT2D eigenvalue weighted by atomic mass is 9.99. The molecule has 1 unspecified atom stereocenters. The van der Waals surface area contributed by atoms with Gasteiger partial charge < -0.3 is 4.90 Å². The molecule has 1 aliphatic carbocycles. The predicted octanol–water partition coefficient (Wildman–Crippen LogP) is 1.19. The second-order valence-corrected chi connectivity index (χ2v) is 3.45. The van der Waals surface area contributed by atoms with Gasteiger partial charge in [-0.05, 0) is 23.8 Å². The van der Waals surface area contributed by atoms with Crippen molar-refractivity contribution in [3.63, 3.8) is 0 Å². The molecule has 64 valence electrons. The molecule has 1 atom stereocenters. The Labute approximate surface area is 76.5 Å². The van der Waals surface area contributed by atoms with Gasteiger partial charge in [0.05, 0.1) is 0 Å². The highest BCUT2D eigenvalue weighted by atomic mass is 16.1. The molecular formula is C11H9NO. The Hall–Kier alpha value is -1.57. The van der Waals surface area contributed by atoms with Crippen molar-refractivity contribution in [1.29, 1.82) is 0 Å². The van der Waals surface area contributed by atoms with E-state index in [-0.39, 0.29) is 11.8 Å². The molecule has 0 amide bonds. The first-order valence-electron chi connectivity index (χ1n) is 4.43. The summed E-state index contributed by atoms with van der Waals surface area (Å²) >= 11 is 0. The van der Waals surface area contributed by atoms with E-state index in [0.717, 1.165) is 12.1 Å². The molecular weight excluding hydrogens is 162 g/mol. The van der Waals surface area contributed by atoms with Gasteiger partial charge in [0.15, 0.2) is 5.78 Å². The molecule has 0 radical (unpaired) electrons. The first-order chi connectivity index (χ1) is 6.36. The van der Waals surface area contributed by atoms with E-state index in [4.69, 9.17) is 0 Å². The Kier molecular flexibility index (Phi) is 1.18. The summed E-state index contributed by atoms with van der Waals surface area (Å²) in [5.41, 5.74) is 2.31. The molecule has 13 heavy (non-hydrogen) atoms. The van der Waals surface area contributed by atoms with E-state index in [9.17, 15) is 4.79 Å². The number of nitrogens with zero attached hydrogens (tertiary/aromatic N) is 1. The van der Waals surface area contributed by atoms with Gasteiger partial charge in [0.25, 0.3) is 0 Å². The van der Waals surface area contributed by atoms with Gasteiger partial charge in [0.2, 0.25) is 0 Å². The minimum atomic E-state index is -0.0324. The lowest BCUT2D eigenvalue weighted by Gasteiger charge is -2.24. The van der Waals surface area contributed by atoms with Gasteiger partial charge in [-0.3, -0.25) is 4.79 Å². The lowest BCUT2D eigenvalue weighted by molar-refractivity contribution is -0.117. The van der Waals surface area contributed by atoms with Crippen LogP contribution in [0.5, 0.6) is 0 Å². The van der Waals surface area contributed by atoms with Gasteiger partial charge in [-0.2, -0.15) is 0 Å². The molecule has 0 N–H and O–H groups in total. The highest BCUT2D eigenvalue weighted by molar-refractivity contribution is 5.99. The van der Waals surface area contributed by atoms with E-state index < -0.39 is 0 Å². The Balaban J connectivity index is 2.10. The summed E-state index contributed by atoms with van der Waals surface area (Å²) in [4.78, 5) is 13.7. The molecule has 0 saturated carbocycles. The van der Waals surface area contributed by atoms with E-state index in [0.29, 0.717) is 0 Å². The number of carbonyl (C=O) groups excluding carboxylic acids is 1. The number of fused-ring (bicyclic) bond motifs is 3. The molecule has 0 fully saturated rings. The maximum Gasteiger partial charge on any atom is 0.182 e. The van der Waals surface area contributed by atoms with E-state index in [1.54, 1.807) is 6.08 Å². The minimum Gasteiger partial charge on any atom is -0.353 e. The molecule has 2 heterocycles. The van der Waals surface area contributed by atoms with Crippen LogP contribution in [-0.4, -0.2) is 23.3 Å². The largest absolute Gasteiger partial charge is 0.353 e. The van der Waals surface area contributed by atoms with Gasteiger partial charge >= 0.3 is 0 Å². The van der Waals surface area contributed by atoms with Crippen LogP contribution in [0.15, 0.2) is 47.7 Å². The van der Waals surface area contributed by atoms with Crippen LogP contribution >= 0.6 is 0 Å². The van der Waals surface area contributed by atoms with Crippen molar-refractivity contribution in [1.82, 2.24) is 4.90 Å². The van der Waals surface area contributed by atoms with Crippen LogP contribution in [0.1, 0.15) is 0 Å². The highest BCUT2D eigenvalue weighted by Crippen LogP contribution is 2.32. The summed E-state index contributed by atoms with van der Waals surface area (Å²) in [6, 6.07) is -0.0324. The van der Waals surface area contributed by atoms with Gasteiger partial charge in [0.1, 0.15) is 6.04 Å². The van der Waals surface area contributed by atoms with Gasteiger partial charge in [0, 0.05) is 12.2 Å². The third-order valence-electron chi connectivity index (χ3n) is 2.68. The molecule has 2 aliphatic heterocycles. The first-order valence-corrected chi connectivity index (χ1v) is 4.43. The molecule has 0 bridgehead atoms. The maximum atomic E-state index is 11.6. The van der Waals surface area contributed by atoms with Gasteiger partial charge in [-0.25, -0.2) is 0 Å². The van der Waals surface area contributed by atoms with Crippen molar-refractivity contribution in [2.24, 2.45) is 0 Å². The average Bonchev–Trinajstić information content (AvgIpc) is 2.62. The highest BCUT2D eigenvalue weighted by Gasteiger charge is 2.35. The number of rotatable bonds is 0. The fraction of sp³-hybridized carbons (Fsp3) is 0.182. The molecule has 3 aliphatic rings. The third-order valence-corrected chi connectivity index (χ3v) is 2.68. The second kappa shape index (κ2) is 2.22. The fourth-order valence-electron chi connectivity index (χ4n) is 2.11. The van der Waals surface area contributed by atoms with Gasteiger partial charge in [-0.1, -0.05) is 18.2 Å². The van der Waals surface area contributed by atoms with Crippen molar-refractivity contribution < 1.29 is 4.79 Å². The zero-order valence-corrected chi connectivity index (χ0v) is 7.10. The van der Waals surface area contributed by atoms with Crippen LogP contribution < -0.4 is 0 Å². The fourth-order valence-corrected chi connectivity index (χ4v) is 2.11. The molecule has 0 aromatic heterocycles. The Morgan fingerprint density at radius 1 is 1.38 bits per heavy atom. The number of ketones is 1. The monoisotopic (exact) mass is 171 g/mol. The normalized spacial score (nSPS) is 28.8. The van der Waals surface area contributed by atoms with Crippen LogP contribution in [0.25, 0.3) is 0 Å². The third kappa shape index (κ3) is 0.800. The quantitative estimate of drug-likeness (QED) is 0.545. The molecule has 0 saturated heterocycles. The topological polar surface area (TPSA) is 20.3 Å².